The van der Waals surface area contributed by atoms with Crippen LogP contribution in [0.25, 0.3) is 0 Å². The Kier molecular flexibility index (Phi) is 2.36. The van der Waals surface area contributed by atoms with Crippen molar-refractivity contribution in [3.63, 3.8) is 0 Å². The Hall–Kier alpha value is -0.220. The van der Waals surface area contributed by atoms with Crippen molar-refractivity contribution in [3.8, 4) is 0 Å². The minimum absolute atomic E-state index is 0.357. The van der Waals surface area contributed by atoms with Crippen molar-refractivity contribution in [2.75, 3.05) is 5.75 Å². The van der Waals surface area contributed by atoms with Crippen molar-refractivity contribution in [2.24, 2.45) is 5.73 Å². The van der Waals surface area contributed by atoms with Crippen molar-refractivity contribution in [3.05, 3.63) is 11.1 Å². The zero-order valence-electron chi connectivity index (χ0n) is 4.89. The minimum Gasteiger partial charge on any atom is -0.376 e. The Labute approximate surface area is 63.9 Å². The van der Waals surface area contributed by atoms with Gasteiger partial charge < -0.3 is 11.1 Å². The predicted octanol–water partition coefficient (Wildman–Crippen LogP) is 0.798. The molecule has 0 fully saturated rings. The van der Waals surface area contributed by atoms with Crippen LogP contribution < -0.4 is 11.1 Å². The summed E-state index contributed by atoms with van der Waals surface area (Å²) in [6.45, 7) is 0. The van der Waals surface area contributed by atoms with E-state index in [0.29, 0.717) is 5.11 Å². The van der Waals surface area contributed by atoms with E-state index in [2.05, 4.69) is 23.6 Å². The Morgan fingerprint density at radius 2 is 2.67 bits per heavy atom. The highest BCUT2D eigenvalue weighted by Crippen LogP contribution is 2.21. The molecule has 0 aromatic rings. The molecular formula is C5H8N2S2. The van der Waals surface area contributed by atoms with E-state index in [1.807, 2.05) is 0 Å². The smallest absolute Gasteiger partial charge is 0.168 e. The summed E-state index contributed by atoms with van der Waals surface area (Å²) in [6, 6.07) is 0. The van der Waals surface area contributed by atoms with Crippen LogP contribution in [-0.2, 0) is 0 Å². The molecule has 0 radical (unpaired) electrons. The van der Waals surface area contributed by atoms with Crippen LogP contribution in [0.3, 0.4) is 0 Å². The summed E-state index contributed by atoms with van der Waals surface area (Å²) in [6.07, 6.45) is 3.22. The quantitative estimate of drug-likeness (QED) is 0.556. The Balaban J connectivity index is 2.35. The molecule has 3 N–H and O–H groups in total. The molecule has 1 aliphatic heterocycles. The van der Waals surface area contributed by atoms with Crippen molar-refractivity contribution < 1.29 is 0 Å². The molecule has 9 heavy (non-hydrogen) atoms. The molecule has 50 valence electrons. The Bertz CT molecular complexity index is 153. The molecule has 0 aromatic heterocycles. The van der Waals surface area contributed by atoms with E-state index < -0.39 is 0 Å². The fraction of sp³-hybridized carbons (Fsp3) is 0.400. The second kappa shape index (κ2) is 3.08. The van der Waals surface area contributed by atoms with E-state index in [0.717, 1.165) is 17.2 Å². The summed E-state index contributed by atoms with van der Waals surface area (Å²) < 4.78 is 0. The van der Waals surface area contributed by atoms with Crippen LogP contribution >= 0.6 is 24.0 Å². The number of thiocarbonyl (C=S) groups is 1. The highest BCUT2D eigenvalue weighted by molar-refractivity contribution is 8.03. The molecule has 1 heterocycles. The summed E-state index contributed by atoms with van der Waals surface area (Å²) >= 11 is 6.40. The lowest BCUT2D eigenvalue weighted by atomic mass is 10.5. The summed E-state index contributed by atoms with van der Waals surface area (Å²) in [5.41, 5.74) is 5.24. The second-order valence-electron chi connectivity index (χ2n) is 1.69. The minimum atomic E-state index is 0.357. The number of hydrogen-bond acceptors (Lipinski definition) is 2. The first-order chi connectivity index (χ1) is 4.29. The van der Waals surface area contributed by atoms with Crippen molar-refractivity contribution in [2.45, 2.75) is 6.42 Å². The molecule has 0 atom stereocenters. The van der Waals surface area contributed by atoms with Crippen LogP contribution in [0.4, 0.5) is 0 Å². The molecule has 4 heteroatoms. The van der Waals surface area contributed by atoms with Crippen LogP contribution in [0.1, 0.15) is 6.42 Å². The SMILES string of the molecule is NC(=S)NC1=CCCS1. The summed E-state index contributed by atoms with van der Waals surface area (Å²) in [4.78, 5) is 0. The van der Waals surface area contributed by atoms with E-state index in [-0.39, 0.29) is 0 Å². The number of nitrogens with two attached hydrogens (primary N) is 1. The van der Waals surface area contributed by atoms with Gasteiger partial charge in [-0.1, -0.05) is 6.08 Å². The van der Waals surface area contributed by atoms with E-state index in [4.69, 9.17) is 5.73 Å². The first kappa shape index (κ1) is 6.89. The largest absolute Gasteiger partial charge is 0.376 e. The van der Waals surface area contributed by atoms with Gasteiger partial charge in [0.2, 0.25) is 0 Å². The fourth-order valence-electron chi connectivity index (χ4n) is 0.626. The van der Waals surface area contributed by atoms with E-state index >= 15 is 0 Å². The van der Waals surface area contributed by atoms with Crippen LogP contribution in [0.5, 0.6) is 0 Å². The lowest BCUT2D eigenvalue weighted by Gasteiger charge is -2.00. The van der Waals surface area contributed by atoms with Gasteiger partial charge >= 0.3 is 0 Å². The van der Waals surface area contributed by atoms with Crippen LogP contribution in [0.15, 0.2) is 11.1 Å². The molecule has 0 spiro atoms. The number of thioether (sulfide) groups is 1. The van der Waals surface area contributed by atoms with Crippen LogP contribution in [0, 0.1) is 0 Å². The third-order valence-corrected chi connectivity index (χ3v) is 2.07. The van der Waals surface area contributed by atoms with Gasteiger partial charge in [-0.15, -0.1) is 11.8 Å². The van der Waals surface area contributed by atoms with E-state index in [1.54, 1.807) is 11.8 Å². The summed E-state index contributed by atoms with van der Waals surface area (Å²) in [5.74, 6) is 1.14. The molecule has 0 saturated heterocycles. The van der Waals surface area contributed by atoms with Gasteiger partial charge in [-0.05, 0) is 18.6 Å². The van der Waals surface area contributed by atoms with Gasteiger partial charge in [0.15, 0.2) is 5.11 Å². The number of allylic oxidation sites excluding steroid dienone is 1. The predicted molar refractivity (Wildman–Crippen MR) is 45.1 cm³/mol. The Morgan fingerprint density at radius 3 is 3.11 bits per heavy atom. The average Bonchev–Trinajstić information content (AvgIpc) is 2.15. The number of rotatable bonds is 1. The molecule has 0 saturated carbocycles. The molecule has 0 unspecified atom stereocenters. The van der Waals surface area contributed by atoms with Gasteiger partial charge in [-0.2, -0.15) is 0 Å². The second-order valence-corrected chi connectivity index (χ2v) is 3.27. The van der Waals surface area contributed by atoms with Crippen LogP contribution in [0.2, 0.25) is 0 Å². The molecular weight excluding hydrogens is 152 g/mol. The molecule has 1 rings (SSSR count). The van der Waals surface area contributed by atoms with Gasteiger partial charge in [0.1, 0.15) is 0 Å². The highest BCUT2D eigenvalue weighted by Gasteiger charge is 2.03. The first-order valence-corrected chi connectivity index (χ1v) is 4.08. The zero-order valence-corrected chi connectivity index (χ0v) is 6.52. The normalized spacial score (nSPS) is 17.1. The average molecular weight is 160 g/mol. The maximum absolute atomic E-state index is 5.24. The van der Waals surface area contributed by atoms with Crippen molar-refractivity contribution in [1.82, 2.24) is 5.32 Å². The number of nitrogens with one attached hydrogen (secondary N) is 1. The third-order valence-electron chi connectivity index (χ3n) is 0.952. The first-order valence-electron chi connectivity index (χ1n) is 2.68. The van der Waals surface area contributed by atoms with Crippen molar-refractivity contribution >= 4 is 29.1 Å². The van der Waals surface area contributed by atoms with Gasteiger partial charge in [0.25, 0.3) is 0 Å². The molecule has 0 amide bonds. The number of hydrogen-bond donors (Lipinski definition) is 2. The zero-order chi connectivity index (χ0) is 6.69. The molecule has 1 aliphatic rings. The summed E-state index contributed by atoms with van der Waals surface area (Å²) in [5, 5.41) is 4.33. The van der Waals surface area contributed by atoms with E-state index in [1.165, 1.54) is 0 Å². The monoisotopic (exact) mass is 160 g/mol. The summed E-state index contributed by atoms with van der Waals surface area (Å²) in [7, 11) is 0. The molecule has 2 nitrogen and oxygen atoms in total. The lowest BCUT2D eigenvalue weighted by molar-refractivity contribution is 1.21. The molecule has 0 aliphatic carbocycles. The van der Waals surface area contributed by atoms with Crippen molar-refractivity contribution in [1.29, 1.82) is 0 Å². The highest BCUT2D eigenvalue weighted by atomic mass is 32.2. The fourth-order valence-corrected chi connectivity index (χ4v) is 1.67. The van der Waals surface area contributed by atoms with E-state index in [9.17, 15) is 0 Å². The lowest BCUT2D eigenvalue weighted by Crippen LogP contribution is -2.26. The Morgan fingerprint density at radius 1 is 1.89 bits per heavy atom. The van der Waals surface area contributed by atoms with Gasteiger partial charge in [-0.25, -0.2) is 0 Å². The standard InChI is InChI=1S/C5H8N2S2/c6-5(8)7-4-2-1-3-9-4/h2H,1,3H2,(H3,6,7,8). The maximum atomic E-state index is 5.24. The third kappa shape index (κ3) is 2.24. The molecule has 0 bridgehead atoms. The van der Waals surface area contributed by atoms with Gasteiger partial charge in [-0.3, -0.25) is 0 Å². The topological polar surface area (TPSA) is 38.0 Å². The molecule has 0 aromatic carbocycles. The van der Waals surface area contributed by atoms with Crippen LogP contribution in [-0.4, -0.2) is 10.9 Å². The van der Waals surface area contributed by atoms with Gasteiger partial charge in [0.05, 0.1) is 5.03 Å². The maximum Gasteiger partial charge on any atom is 0.168 e. The van der Waals surface area contributed by atoms with Gasteiger partial charge in [0, 0.05) is 5.75 Å².